The molecule has 2 N–H and O–H groups in total. The lowest BCUT2D eigenvalue weighted by Crippen LogP contribution is -2.46. The molecule has 1 aliphatic rings. The van der Waals surface area contributed by atoms with Crippen molar-refractivity contribution in [2.24, 2.45) is 11.7 Å². The second-order valence-electron chi connectivity index (χ2n) is 6.39. The lowest BCUT2D eigenvalue weighted by molar-refractivity contribution is -0.139. The quantitative estimate of drug-likeness (QED) is 0.823. The number of nitrogens with two attached hydrogens (primary N) is 1. The summed E-state index contributed by atoms with van der Waals surface area (Å²) in [5, 5.41) is 0. The molecule has 0 spiro atoms. The fourth-order valence-electron chi connectivity index (χ4n) is 3.27. The second-order valence-corrected chi connectivity index (χ2v) is 6.39. The Morgan fingerprint density at radius 2 is 1.80 bits per heavy atom. The Kier molecular flexibility index (Phi) is 5.55. The van der Waals surface area contributed by atoms with E-state index in [9.17, 15) is 9.59 Å². The molecule has 7 nitrogen and oxygen atoms in total. The molecule has 1 fully saturated rings. The van der Waals surface area contributed by atoms with E-state index < -0.39 is 0 Å². The minimum Gasteiger partial charge on any atom is -0.467 e. The zero-order valence-electron chi connectivity index (χ0n) is 14.1. The maximum atomic E-state index is 13.1. The standard InChI is InChI=1S/C18H23N3O4/c19-17(22)13-20-7-1-4-14(10-20)18(23)21(11-15-5-2-8-24-15)12-16-6-3-9-25-16/h2-3,5-6,8-9,14H,1,4,7,10-13H2,(H2,19,22). The van der Waals surface area contributed by atoms with Crippen LogP contribution in [0.1, 0.15) is 24.4 Å². The Hall–Kier alpha value is -2.54. The van der Waals surface area contributed by atoms with Gasteiger partial charge in [0, 0.05) is 6.54 Å². The molecule has 0 radical (unpaired) electrons. The molecular weight excluding hydrogens is 322 g/mol. The molecule has 0 aliphatic carbocycles. The molecule has 0 aromatic carbocycles. The van der Waals surface area contributed by atoms with E-state index in [1.54, 1.807) is 29.6 Å². The SMILES string of the molecule is NC(=O)CN1CCCC(C(=O)N(Cc2ccco2)Cc2ccco2)C1. The van der Waals surface area contributed by atoms with Crippen LogP contribution in [0, 0.1) is 5.92 Å². The van der Waals surface area contributed by atoms with Gasteiger partial charge in [-0.15, -0.1) is 0 Å². The van der Waals surface area contributed by atoms with Crippen molar-refractivity contribution in [1.82, 2.24) is 9.80 Å². The molecule has 2 aromatic heterocycles. The average molecular weight is 345 g/mol. The highest BCUT2D eigenvalue weighted by molar-refractivity contribution is 5.79. The van der Waals surface area contributed by atoms with Crippen LogP contribution in [0.4, 0.5) is 0 Å². The molecule has 25 heavy (non-hydrogen) atoms. The highest BCUT2D eigenvalue weighted by Crippen LogP contribution is 2.21. The number of rotatable bonds is 7. The first-order valence-electron chi connectivity index (χ1n) is 8.46. The van der Waals surface area contributed by atoms with E-state index in [2.05, 4.69) is 0 Å². The fraction of sp³-hybridized carbons (Fsp3) is 0.444. The number of amides is 2. The summed E-state index contributed by atoms with van der Waals surface area (Å²) < 4.78 is 10.8. The van der Waals surface area contributed by atoms with Crippen LogP contribution in [0.2, 0.25) is 0 Å². The van der Waals surface area contributed by atoms with Gasteiger partial charge in [0.2, 0.25) is 11.8 Å². The molecule has 0 saturated carbocycles. The van der Waals surface area contributed by atoms with Crippen LogP contribution in [0.15, 0.2) is 45.6 Å². The maximum Gasteiger partial charge on any atom is 0.231 e. The van der Waals surface area contributed by atoms with Gasteiger partial charge in [0.05, 0.1) is 38.1 Å². The first-order chi connectivity index (χ1) is 12.1. The lowest BCUT2D eigenvalue weighted by atomic mass is 9.96. The molecule has 1 unspecified atom stereocenters. The number of likely N-dealkylation sites (tertiary alicyclic amines) is 1. The minimum absolute atomic E-state index is 0.0435. The van der Waals surface area contributed by atoms with Crippen LogP contribution in [-0.2, 0) is 22.7 Å². The molecule has 1 atom stereocenters. The maximum absolute atomic E-state index is 13.1. The van der Waals surface area contributed by atoms with Crippen molar-refractivity contribution < 1.29 is 18.4 Å². The summed E-state index contributed by atoms with van der Waals surface area (Å²) in [6, 6.07) is 7.31. The van der Waals surface area contributed by atoms with E-state index in [1.807, 2.05) is 17.0 Å². The summed E-state index contributed by atoms with van der Waals surface area (Å²) in [5.41, 5.74) is 5.28. The van der Waals surface area contributed by atoms with Crippen molar-refractivity contribution in [3.8, 4) is 0 Å². The lowest BCUT2D eigenvalue weighted by Gasteiger charge is -2.34. The van der Waals surface area contributed by atoms with Gasteiger partial charge >= 0.3 is 0 Å². The summed E-state index contributed by atoms with van der Waals surface area (Å²) >= 11 is 0. The summed E-state index contributed by atoms with van der Waals surface area (Å²) in [7, 11) is 0. The van der Waals surface area contributed by atoms with E-state index in [-0.39, 0.29) is 24.3 Å². The van der Waals surface area contributed by atoms with E-state index in [0.717, 1.165) is 30.9 Å². The van der Waals surface area contributed by atoms with Crippen LogP contribution < -0.4 is 5.73 Å². The Bertz CT molecular complexity index is 645. The first-order valence-corrected chi connectivity index (χ1v) is 8.46. The van der Waals surface area contributed by atoms with Crippen molar-refractivity contribution in [2.45, 2.75) is 25.9 Å². The van der Waals surface area contributed by atoms with Gasteiger partial charge in [0.25, 0.3) is 0 Å². The molecule has 2 aromatic rings. The van der Waals surface area contributed by atoms with Gasteiger partial charge in [-0.3, -0.25) is 14.5 Å². The van der Waals surface area contributed by atoms with Crippen molar-refractivity contribution >= 4 is 11.8 Å². The third kappa shape index (κ3) is 4.73. The molecule has 0 bridgehead atoms. The van der Waals surface area contributed by atoms with E-state index in [4.69, 9.17) is 14.6 Å². The third-order valence-corrected chi connectivity index (χ3v) is 4.40. The Labute approximate surface area is 146 Å². The van der Waals surface area contributed by atoms with Crippen LogP contribution >= 0.6 is 0 Å². The van der Waals surface area contributed by atoms with E-state index >= 15 is 0 Å². The molecular formula is C18H23N3O4. The highest BCUT2D eigenvalue weighted by atomic mass is 16.3. The van der Waals surface area contributed by atoms with Crippen molar-refractivity contribution in [3.63, 3.8) is 0 Å². The summed E-state index contributed by atoms with van der Waals surface area (Å²) in [6.45, 7) is 2.32. The molecule has 1 aliphatic heterocycles. The molecule has 1 saturated heterocycles. The number of carbonyl (C=O) groups excluding carboxylic acids is 2. The summed E-state index contributed by atoms with van der Waals surface area (Å²) in [5.74, 6) is 0.977. The van der Waals surface area contributed by atoms with Crippen LogP contribution in [0.3, 0.4) is 0 Å². The monoisotopic (exact) mass is 345 g/mol. The van der Waals surface area contributed by atoms with Gasteiger partial charge in [-0.25, -0.2) is 0 Å². The normalized spacial score (nSPS) is 18.2. The number of piperidine rings is 1. The van der Waals surface area contributed by atoms with Gasteiger partial charge < -0.3 is 19.5 Å². The van der Waals surface area contributed by atoms with Crippen molar-refractivity contribution in [1.29, 1.82) is 0 Å². The summed E-state index contributed by atoms with van der Waals surface area (Å²) in [6.07, 6.45) is 4.88. The predicted molar refractivity (Wildman–Crippen MR) is 90.0 cm³/mol. The second kappa shape index (κ2) is 8.02. The van der Waals surface area contributed by atoms with Crippen molar-refractivity contribution in [3.05, 3.63) is 48.3 Å². The highest BCUT2D eigenvalue weighted by Gasteiger charge is 2.30. The van der Waals surface area contributed by atoms with Crippen LogP contribution in [0.5, 0.6) is 0 Å². The molecule has 7 heteroatoms. The number of furan rings is 2. The van der Waals surface area contributed by atoms with E-state index in [0.29, 0.717) is 19.6 Å². The Morgan fingerprint density at radius 3 is 2.32 bits per heavy atom. The average Bonchev–Trinajstić information content (AvgIpc) is 3.27. The molecule has 3 heterocycles. The molecule has 2 amide bonds. The Morgan fingerprint density at radius 1 is 1.16 bits per heavy atom. The summed E-state index contributed by atoms with van der Waals surface area (Å²) in [4.78, 5) is 27.9. The number of nitrogens with zero attached hydrogens (tertiary/aromatic N) is 2. The van der Waals surface area contributed by atoms with Gasteiger partial charge in [-0.1, -0.05) is 0 Å². The number of carbonyl (C=O) groups is 2. The van der Waals surface area contributed by atoms with Gasteiger partial charge in [0.1, 0.15) is 11.5 Å². The topological polar surface area (TPSA) is 92.9 Å². The zero-order chi connectivity index (χ0) is 17.6. The van der Waals surface area contributed by atoms with Gasteiger partial charge in [-0.2, -0.15) is 0 Å². The number of primary amides is 1. The predicted octanol–water partition coefficient (Wildman–Crippen LogP) is 1.60. The van der Waals surface area contributed by atoms with Gasteiger partial charge in [-0.05, 0) is 43.7 Å². The van der Waals surface area contributed by atoms with Gasteiger partial charge in [0.15, 0.2) is 0 Å². The third-order valence-electron chi connectivity index (χ3n) is 4.40. The van der Waals surface area contributed by atoms with Crippen LogP contribution in [-0.4, -0.2) is 41.2 Å². The largest absolute Gasteiger partial charge is 0.467 e. The smallest absolute Gasteiger partial charge is 0.231 e. The van der Waals surface area contributed by atoms with Crippen LogP contribution in [0.25, 0.3) is 0 Å². The Balaban J connectivity index is 1.70. The number of hydrogen-bond donors (Lipinski definition) is 1. The number of hydrogen-bond acceptors (Lipinski definition) is 5. The first kappa shape index (κ1) is 17.3. The zero-order valence-corrected chi connectivity index (χ0v) is 14.1. The molecule has 134 valence electrons. The minimum atomic E-state index is -0.365. The van der Waals surface area contributed by atoms with E-state index in [1.165, 1.54) is 0 Å². The molecule has 3 rings (SSSR count). The van der Waals surface area contributed by atoms with Crippen molar-refractivity contribution in [2.75, 3.05) is 19.6 Å². The fourth-order valence-corrected chi connectivity index (χ4v) is 3.27.